The standard InChI is InChI=1S/C16H16FNO/c1-19-16-11-5-2-7-13(16)8-6-12-18-15-10-4-3-9-14(15)17/h2-11,18H,12H2,1H3/b8-6+. The molecule has 2 aromatic carbocycles. The number of methoxy groups -OCH3 is 1. The molecule has 1 N–H and O–H groups in total. The SMILES string of the molecule is COc1ccccc1/C=C/CNc1ccccc1F. The van der Waals surface area contributed by atoms with Crippen LogP contribution in [0.2, 0.25) is 0 Å². The van der Waals surface area contributed by atoms with Gasteiger partial charge in [0, 0.05) is 12.1 Å². The van der Waals surface area contributed by atoms with Crippen molar-refractivity contribution in [3.05, 3.63) is 66.0 Å². The van der Waals surface area contributed by atoms with E-state index in [1.807, 2.05) is 36.4 Å². The van der Waals surface area contributed by atoms with Gasteiger partial charge in [0.15, 0.2) is 0 Å². The van der Waals surface area contributed by atoms with Crippen LogP contribution in [-0.2, 0) is 0 Å². The summed E-state index contributed by atoms with van der Waals surface area (Å²) >= 11 is 0. The number of rotatable bonds is 5. The molecule has 0 aliphatic rings. The van der Waals surface area contributed by atoms with Gasteiger partial charge in [-0.2, -0.15) is 0 Å². The highest BCUT2D eigenvalue weighted by Gasteiger charge is 1.98. The van der Waals surface area contributed by atoms with Crippen molar-refractivity contribution in [1.82, 2.24) is 0 Å². The first-order valence-electron chi connectivity index (χ1n) is 6.09. The highest BCUT2D eigenvalue weighted by atomic mass is 19.1. The van der Waals surface area contributed by atoms with Crippen molar-refractivity contribution in [3.63, 3.8) is 0 Å². The Labute approximate surface area is 112 Å². The van der Waals surface area contributed by atoms with Crippen molar-refractivity contribution in [3.8, 4) is 5.75 Å². The molecule has 0 amide bonds. The van der Waals surface area contributed by atoms with Crippen LogP contribution in [0.15, 0.2) is 54.6 Å². The minimum Gasteiger partial charge on any atom is -0.496 e. The maximum atomic E-state index is 13.4. The molecular weight excluding hydrogens is 241 g/mol. The fourth-order valence-electron chi connectivity index (χ4n) is 1.76. The number of ether oxygens (including phenoxy) is 1. The van der Waals surface area contributed by atoms with E-state index in [9.17, 15) is 4.39 Å². The second kappa shape index (κ2) is 6.59. The highest BCUT2D eigenvalue weighted by Crippen LogP contribution is 2.18. The molecule has 0 aliphatic carbocycles. The van der Waals surface area contributed by atoms with Gasteiger partial charge in [-0.3, -0.25) is 0 Å². The maximum absolute atomic E-state index is 13.4. The third-order valence-electron chi connectivity index (χ3n) is 2.72. The lowest BCUT2D eigenvalue weighted by Gasteiger charge is -2.05. The summed E-state index contributed by atoms with van der Waals surface area (Å²) in [4.78, 5) is 0. The summed E-state index contributed by atoms with van der Waals surface area (Å²) in [7, 11) is 1.64. The third-order valence-corrected chi connectivity index (χ3v) is 2.72. The van der Waals surface area contributed by atoms with Gasteiger partial charge in [-0.25, -0.2) is 4.39 Å². The predicted molar refractivity (Wildman–Crippen MR) is 76.9 cm³/mol. The van der Waals surface area contributed by atoms with E-state index >= 15 is 0 Å². The minimum absolute atomic E-state index is 0.242. The summed E-state index contributed by atoms with van der Waals surface area (Å²) in [5.74, 6) is 0.581. The molecule has 0 unspecified atom stereocenters. The number of hydrogen-bond donors (Lipinski definition) is 1. The molecule has 0 spiro atoms. The molecule has 0 aromatic heterocycles. The minimum atomic E-state index is -0.242. The normalized spacial score (nSPS) is 10.6. The average molecular weight is 257 g/mol. The molecule has 0 heterocycles. The number of para-hydroxylation sites is 2. The van der Waals surface area contributed by atoms with Crippen molar-refractivity contribution in [2.45, 2.75) is 0 Å². The number of nitrogens with one attached hydrogen (secondary N) is 1. The van der Waals surface area contributed by atoms with Crippen LogP contribution >= 0.6 is 0 Å². The first kappa shape index (κ1) is 13.1. The summed E-state index contributed by atoms with van der Waals surface area (Å²) < 4.78 is 18.6. The molecule has 0 saturated heterocycles. The number of halogens is 1. The molecule has 0 fully saturated rings. The molecule has 2 nitrogen and oxygen atoms in total. The fourth-order valence-corrected chi connectivity index (χ4v) is 1.76. The van der Waals surface area contributed by atoms with Gasteiger partial charge in [0.05, 0.1) is 12.8 Å². The quantitative estimate of drug-likeness (QED) is 0.875. The topological polar surface area (TPSA) is 21.3 Å². The number of anilines is 1. The summed E-state index contributed by atoms with van der Waals surface area (Å²) in [5, 5.41) is 3.02. The molecule has 2 aromatic rings. The van der Waals surface area contributed by atoms with Crippen LogP contribution in [-0.4, -0.2) is 13.7 Å². The second-order valence-electron chi connectivity index (χ2n) is 4.01. The van der Waals surface area contributed by atoms with E-state index in [2.05, 4.69) is 5.32 Å². The van der Waals surface area contributed by atoms with Gasteiger partial charge in [0.1, 0.15) is 11.6 Å². The Morgan fingerprint density at radius 3 is 2.63 bits per heavy atom. The number of hydrogen-bond acceptors (Lipinski definition) is 2. The van der Waals surface area contributed by atoms with Gasteiger partial charge in [0.2, 0.25) is 0 Å². The zero-order valence-electron chi connectivity index (χ0n) is 10.8. The zero-order chi connectivity index (χ0) is 13.5. The molecule has 0 radical (unpaired) electrons. The van der Waals surface area contributed by atoms with Crippen LogP contribution in [0.25, 0.3) is 6.08 Å². The smallest absolute Gasteiger partial charge is 0.146 e. The van der Waals surface area contributed by atoms with E-state index in [1.54, 1.807) is 25.3 Å². The molecular formula is C16H16FNO. The predicted octanol–water partition coefficient (Wildman–Crippen LogP) is 3.96. The second-order valence-corrected chi connectivity index (χ2v) is 4.01. The van der Waals surface area contributed by atoms with Gasteiger partial charge >= 0.3 is 0 Å². The molecule has 0 aliphatic heterocycles. The van der Waals surface area contributed by atoms with E-state index in [-0.39, 0.29) is 5.82 Å². The lowest BCUT2D eigenvalue weighted by Crippen LogP contribution is -2.00. The zero-order valence-corrected chi connectivity index (χ0v) is 10.8. The van der Waals surface area contributed by atoms with Gasteiger partial charge < -0.3 is 10.1 Å². The van der Waals surface area contributed by atoms with Crippen molar-refractivity contribution >= 4 is 11.8 Å². The Kier molecular flexibility index (Phi) is 4.56. The Bertz CT molecular complexity index is 566. The van der Waals surface area contributed by atoms with Crippen LogP contribution < -0.4 is 10.1 Å². The molecule has 0 saturated carbocycles. The van der Waals surface area contributed by atoms with Gasteiger partial charge in [-0.1, -0.05) is 42.5 Å². The van der Waals surface area contributed by atoms with Crippen LogP contribution in [0, 0.1) is 5.82 Å². The van der Waals surface area contributed by atoms with Gasteiger partial charge in [0.25, 0.3) is 0 Å². The Morgan fingerprint density at radius 1 is 1.11 bits per heavy atom. The summed E-state index contributed by atoms with van der Waals surface area (Å²) in [6.07, 6.45) is 3.89. The number of benzene rings is 2. The molecule has 3 heteroatoms. The summed E-state index contributed by atoms with van der Waals surface area (Å²) in [5.41, 5.74) is 1.51. The van der Waals surface area contributed by atoms with E-state index in [4.69, 9.17) is 4.74 Å². The Balaban J connectivity index is 1.96. The van der Waals surface area contributed by atoms with Crippen molar-refractivity contribution in [2.24, 2.45) is 0 Å². The third kappa shape index (κ3) is 3.58. The van der Waals surface area contributed by atoms with E-state index in [0.29, 0.717) is 12.2 Å². The molecule has 0 bridgehead atoms. The monoisotopic (exact) mass is 257 g/mol. The fraction of sp³-hybridized carbons (Fsp3) is 0.125. The first-order valence-corrected chi connectivity index (χ1v) is 6.09. The molecule has 98 valence electrons. The molecule has 0 atom stereocenters. The Morgan fingerprint density at radius 2 is 1.84 bits per heavy atom. The van der Waals surface area contributed by atoms with Gasteiger partial charge in [-0.15, -0.1) is 0 Å². The summed E-state index contributed by atoms with van der Waals surface area (Å²) in [6.45, 7) is 0.555. The first-order chi connectivity index (χ1) is 9.31. The molecule has 2 rings (SSSR count). The van der Waals surface area contributed by atoms with E-state index in [1.165, 1.54) is 6.07 Å². The lowest BCUT2D eigenvalue weighted by atomic mass is 10.2. The van der Waals surface area contributed by atoms with Crippen molar-refractivity contribution in [2.75, 3.05) is 19.0 Å². The summed E-state index contributed by atoms with van der Waals surface area (Å²) in [6, 6.07) is 14.4. The maximum Gasteiger partial charge on any atom is 0.146 e. The largest absolute Gasteiger partial charge is 0.496 e. The van der Waals surface area contributed by atoms with Crippen LogP contribution in [0.1, 0.15) is 5.56 Å². The average Bonchev–Trinajstić information content (AvgIpc) is 2.45. The van der Waals surface area contributed by atoms with Crippen molar-refractivity contribution < 1.29 is 9.13 Å². The van der Waals surface area contributed by atoms with Crippen LogP contribution in [0.3, 0.4) is 0 Å². The van der Waals surface area contributed by atoms with Gasteiger partial charge in [-0.05, 0) is 18.2 Å². The van der Waals surface area contributed by atoms with E-state index < -0.39 is 0 Å². The Hall–Kier alpha value is -2.29. The molecule has 19 heavy (non-hydrogen) atoms. The van der Waals surface area contributed by atoms with Crippen LogP contribution in [0.5, 0.6) is 5.75 Å². The highest BCUT2D eigenvalue weighted by molar-refractivity contribution is 5.58. The van der Waals surface area contributed by atoms with E-state index in [0.717, 1.165) is 11.3 Å². The van der Waals surface area contributed by atoms with Crippen molar-refractivity contribution in [1.29, 1.82) is 0 Å². The lowest BCUT2D eigenvalue weighted by molar-refractivity contribution is 0.414. The van der Waals surface area contributed by atoms with Crippen LogP contribution in [0.4, 0.5) is 10.1 Å².